The summed E-state index contributed by atoms with van der Waals surface area (Å²) < 4.78 is 0. The first-order valence-electron chi connectivity index (χ1n) is 8.54. The lowest BCUT2D eigenvalue weighted by atomic mass is 9.99. The number of nitrogens with zero attached hydrogens (tertiary/aromatic N) is 1. The highest BCUT2D eigenvalue weighted by molar-refractivity contribution is 5.92. The molecule has 0 aliphatic carbocycles. The van der Waals surface area contributed by atoms with Crippen LogP contribution in [0, 0.1) is 5.92 Å². The highest BCUT2D eigenvalue weighted by Gasteiger charge is 2.35. The van der Waals surface area contributed by atoms with Gasteiger partial charge in [0.2, 0.25) is 17.7 Å². The van der Waals surface area contributed by atoms with Crippen LogP contribution in [0.25, 0.3) is 0 Å². The van der Waals surface area contributed by atoms with Gasteiger partial charge in [-0.15, -0.1) is 0 Å². The summed E-state index contributed by atoms with van der Waals surface area (Å²) in [6, 6.07) is -2.34. The molecule has 1 rings (SSSR count). The average molecular weight is 356 g/mol. The minimum Gasteiger partial charge on any atom is -0.480 e. The van der Waals surface area contributed by atoms with Crippen LogP contribution in [0.5, 0.6) is 0 Å². The molecular formula is C16H28N4O5. The van der Waals surface area contributed by atoms with Crippen LogP contribution < -0.4 is 16.4 Å². The Morgan fingerprint density at radius 1 is 1.28 bits per heavy atom. The van der Waals surface area contributed by atoms with E-state index in [-0.39, 0.29) is 18.4 Å². The van der Waals surface area contributed by atoms with Crippen LogP contribution in [-0.4, -0.2) is 64.9 Å². The number of hydrogen-bond acceptors (Lipinski definition) is 5. The first-order valence-corrected chi connectivity index (χ1v) is 8.54. The van der Waals surface area contributed by atoms with E-state index < -0.39 is 35.9 Å². The molecule has 1 saturated heterocycles. The monoisotopic (exact) mass is 356 g/mol. The van der Waals surface area contributed by atoms with Crippen LogP contribution in [0.1, 0.15) is 40.0 Å². The van der Waals surface area contributed by atoms with Gasteiger partial charge >= 0.3 is 5.97 Å². The molecule has 142 valence electrons. The molecule has 0 spiro atoms. The van der Waals surface area contributed by atoms with E-state index in [1.54, 1.807) is 13.8 Å². The predicted molar refractivity (Wildman–Crippen MR) is 90.4 cm³/mol. The van der Waals surface area contributed by atoms with E-state index in [1.807, 2.05) is 6.92 Å². The number of aliphatic carboxylic acids is 1. The SMILES string of the molecule is CCC(C)C(NC(=O)CNC(=O)C1CCCN1C(=O)C(C)N)C(=O)O. The third-order valence-electron chi connectivity index (χ3n) is 4.45. The molecule has 0 radical (unpaired) electrons. The Morgan fingerprint density at radius 2 is 1.92 bits per heavy atom. The van der Waals surface area contributed by atoms with Gasteiger partial charge in [0.1, 0.15) is 12.1 Å². The fraction of sp³-hybridized carbons (Fsp3) is 0.750. The lowest BCUT2D eigenvalue weighted by Gasteiger charge is -2.25. The Bertz CT molecular complexity index is 523. The molecule has 0 bridgehead atoms. The van der Waals surface area contributed by atoms with Crippen LogP contribution in [0.4, 0.5) is 0 Å². The maximum absolute atomic E-state index is 12.3. The van der Waals surface area contributed by atoms with E-state index in [0.29, 0.717) is 25.8 Å². The number of nitrogens with two attached hydrogens (primary N) is 1. The van der Waals surface area contributed by atoms with Crippen LogP contribution in [0.3, 0.4) is 0 Å². The number of rotatable bonds is 8. The summed E-state index contributed by atoms with van der Waals surface area (Å²) in [5.41, 5.74) is 5.58. The van der Waals surface area contributed by atoms with E-state index in [0.717, 1.165) is 0 Å². The predicted octanol–water partition coefficient (Wildman–Crippen LogP) is -0.944. The second-order valence-electron chi connectivity index (χ2n) is 6.47. The molecule has 9 nitrogen and oxygen atoms in total. The number of hydrogen-bond donors (Lipinski definition) is 4. The highest BCUT2D eigenvalue weighted by atomic mass is 16.4. The van der Waals surface area contributed by atoms with Crippen molar-refractivity contribution in [3.8, 4) is 0 Å². The summed E-state index contributed by atoms with van der Waals surface area (Å²) in [6.45, 7) is 5.24. The normalized spacial score (nSPS) is 20.5. The van der Waals surface area contributed by atoms with Gasteiger partial charge in [0.05, 0.1) is 12.6 Å². The molecule has 4 unspecified atom stereocenters. The number of nitrogens with one attached hydrogen (secondary N) is 2. The second kappa shape index (κ2) is 9.36. The number of carboxylic acid groups (broad SMARTS) is 1. The second-order valence-corrected chi connectivity index (χ2v) is 6.47. The molecule has 9 heteroatoms. The Morgan fingerprint density at radius 3 is 2.44 bits per heavy atom. The topological polar surface area (TPSA) is 142 Å². The minimum absolute atomic E-state index is 0.230. The van der Waals surface area contributed by atoms with Gasteiger partial charge in [-0.05, 0) is 25.7 Å². The summed E-state index contributed by atoms with van der Waals surface area (Å²) in [7, 11) is 0. The molecule has 3 amide bonds. The molecule has 1 aliphatic heterocycles. The molecule has 4 atom stereocenters. The maximum atomic E-state index is 12.3. The van der Waals surface area contributed by atoms with Gasteiger partial charge in [0, 0.05) is 6.54 Å². The van der Waals surface area contributed by atoms with Gasteiger partial charge in [0.15, 0.2) is 0 Å². The molecule has 1 aliphatic rings. The Kier molecular flexibility index (Phi) is 7.82. The van der Waals surface area contributed by atoms with Crippen LogP contribution in [0.2, 0.25) is 0 Å². The van der Waals surface area contributed by atoms with Crippen molar-refractivity contribution in [3.63, 3.8) is 0 Å². The molecular weight excluding hydrogens is 328 g/mol. The lowest BCUT2D eigenvalue weighted by molar-refractivity contribution is -0.143. The summed E-state index contributed by atoms with van der Waals surface area (Å²) in [5.74, 6) is -2.66. The molecule has 0 saturated carbocycles. The lowest BCUT2D eigenvalue weighted by Crippen LogP contribution is -2.53. The smallest absolute Gasteiger partial charge is 0.326 e. The van der Waals surface area contributed by atoms with Crippen molar-refractivity contribution in [2.24, 2.45) is 11.7 Å². The molecule has 0 aromatic heterocycles. The number of carbonyl (C=O) groups is 4. The Hall–Kier alpha value is -2.16. The van der Waals surface area contributed by atoms with Gasteiger partial charge < -0.3 is 26.4 Å². The van der Waals surface area contributed by atoms with Crippen molar-refractivity contribution >= 4 is 23.7 Å². The van der Waals surface area contributed by atoms with Gasteiger partial charge in [-0.3, -0.25) is 14.4 Å². The number of carboxylic acids is 1. The zero-order valence-electron chi connectivity index (χ0n) is 14.9. The van der Waals surface area contributed by atoms with Gasteiger partial charge in [-0.25, -0.2) is 4.79 Å². The quantitative estimate of drug-likeness (QED) is 0.442. The van der Waals surface area contributed by atoms with E-state index in [2.05, 4.69) is 10.6 Å². The van der Waals surface area contributed by atoms with E-state index in [9.17, 15) is 19.2 Å². The van der Waals surface area contributed by atoms with E-state index in [1.165, 1.54) is 4.90 Å². The zero-order chi connectivity index (χ0) is 19.1. The van der Waals surface area contributed by atoms with Crippen molar-refractivity contribution < 1.29 is 24.3 Å². The minimum atomic E-state index is -1.11. The largest absolute Gasteiger partial charge is 0.480 e. The fourth-order valence-electron chi connectivity index (χ4n) is 2.76. The molecule has 0 aromatic carbocycles. The first-order chi connectivity index (χ1) is 11.7. The molecule has 1 heterocycles. The van der Waals surface area contributed by atoms with Gasteiger partial charge in [-0.1, -0.05) is 20.3 Å². The highest BCUT2D eigenvalue weighted by Crippen LogP contribution is 2.18. The van der Waals surface area contributed by atoms with Crippen molar-refractivity contribution in [1.29, 1.82) is 0 Å². The zero-order valence-corrected chi connectivity index (χ0v) is 14.9. The van der Waals surface area contributed by atoms with Crippen molar-refractivity contribution in [3.05, 3.63) is 0 Å². The molecule has 25 heavy (non-hydrogen) atoms. The number of carbonyl (C=O) groups excluding carboxylic acids is 3. The Balaban J connectivity index is 2.56. The number of amides is 3. The summed E-state index contributed by atoms with van der Waals surface area (Å²) in [4.78, 5) is 48.8. The van der Waals surface area contributed by atoms with Crippen LogP contribution in [0.15, 0.2) is 0 Å². The van der Waals surface area contributed by atoms with Crippen molar-refractivity contribution in [2.75, 3.05) is 13.1 Å². The van der Waals surface area contributed by atoms with Crippen LogP contribution >= 0.6 is 0 Å². The summed E-state index contributed by atoms with van der Waals surface area (Å²) in [6.07, 6.45) is 1.80. The first kappa shape index (κ1) is 20.9. The summed E-state index contributed by atoms with van der Waals surface area (Å²) in [5, 5.41) is 14.0. The molecule has 0 aromatic rings. The Labute approximate surface area is 147 Å². The average Bonchev–Trinajstić information content (AvgIpc) is 3.05. The number of likely N-dealkylation sites (tertiary alicyclic amines) is 1. The molecule has 5 N–H and O–H groups in total. The third kappa shape index (κ3) is 5.70. The standard InChI is InChI=1S/C16H28N4O5/c1-4-9(2)13(16(24)25)19-12(21)8-18-14(22)11-6-5-7-20(11)15(23)10(3)17/h9-11,13H,4-8,17H2,1-3H3,(H,18,22)(H,19,21)(H,24,25). The van der Waals surface area contributed by atoms with Gasteiger partial charge in [0.25, 0.3) is 0 Å². The fourth-order valence-corrected chi connectivity index (χ4v) is 2.76. The van der Waals surface area contributed by atoms with Gasteiger partial charge in [-0.2, -0.15) is 0 Å². The van der Waals surface area contributed by atoms with E-state index in [4.69, 9.17) is 10.8 Å². The van der Waals surface area contributed by atoms with Crippen molar-refractivity contribution in [1.82, 2.24) is 15.5 Å². The molecule has 1 fully saturated rings. The van der Waals surface area contributed by atoms with Crippen molar-refractivity contribution in [2.45, 2.75) is 58.2 Å². The summed E-state index contributed by atoms with van der Waals surface area (Å²) >= 11 is 0. The van der Waals surface area contributed by atoms with Crippen LogP contribution in [-0.2, 0) is 19.2 Å². The van der Waals surface area contributed by atoms with E-state index >= 15 is 0 Å². The maximum Gasteiger partial charge on any atom is 0.326 e. The third-order valence-corrected chi connectivity index (χ3v) is 4.45.